The van der Waals surface area contributed by atoms with E-state index < -0.39 is 23.7 Å². The van der Waals surface area contributed by atoms with Crippen molar-refractivity contribution in [1.82, 2.24) is 4.90 Å². The van der Waals surface area contributed by atoms with Gasteiger partial charge in [0.15, 0.2) is 11.5 Å². The Morgan fingerprint density at radius 1 is 0.842 bits per heavy atom. The number of unbranched alkanes of at least 4 members (excludes halogenated alkanes) is 2. The molecule has 0 saturated carbocycles. The molecule has 1 atom stereocenters. The van der Waals surface area contributed by atoms with Crippen LogP contribution in [0.5, 0.6) is 23.0 Å². The predicted octanol–water partition coefficient (Wildman–Crippen LogP) is 4.24. The topological polar surface area (TPSA) is 101 Å². The molecule has 0 radical (unpaired) electrons. The van der Waals surface area contributed by atoms with Gasteiger partial charge >= 0.3 is 5.97 Å². The maximum Gasteiger partial charge on any atom is 0.328 e. The van der Waals surface area contributed by atoms with Crippen LogP contribution in [0.25, 0.3) is 0 Å². The Kier molecular flexibility index (Phi) is 10.8. The molecule has 0 unspecified atom stereocenters. The van der Waals surface area contributed by atoms with Crippen molar-refractivity contribution in [2.24, 2.45) is 0 Å². The van der Waals surface area contributed by atoms with Gasteiger partial charge in [0.25, 0.3) is 11.7 Å². The molecule has 1 aliphatic rings. The van der Waals surface area contributed by atoms with E-state index in [9.17, 15) is 14.4 Å². The molecule has 1 amide bonds. The second kappa shape index (κ2) is 14.3. The van der Waals surface area contributed by atoms with Crippen LogP contribution in [0.4, 0.5) is 0 Å². The van der Waals surface area contributed by atoms with E-state index in [1.54, 1.807) is 7.11 Å². The number of rotatable bonds is 13. The van der Waals surface area contributed by atoms with Gasteiger partial charge in [0.1, 0.15) is 11.8 Å². The van der Waals surface area contributed by atoms with Crippen LogP contribution in [0.2, 0.25) is 0 Å². The molecule has 9 heteroatoms. The Balaban J connectivity index is 1.54. The normalized spacial score (nSPS) is 14.9. The Morgan fingerprint density at radius 2 is 1.53 bits per heavy atom. The number of piperidine rings is 1. The second-order valence-electron chi connectivity index (χ2n) is 9.08. The summed E-state index contributed by atoms with van der Waals surface area (Å²) in [6.07, 6.45) is 5.50. The van der Waals surface area contributed by atoms with E-state index in [0.29, 0.717) is 25.1 Å². The Bertz CT molecular complexity index is 1070. The molecule has 1 saturated heterocycles. The van der Waals surface area contributed by atoms with Gasteiger partial charge in [-0.3, -0.25) is 9.59 Å². The van der Waals surface area contributed by atoms with E-state index in [1.165, 1.54) is 43.9 Å². The van der Waals surface area contributed by atoms with E-state index in [-0.39, 0.29) is 23.7 Å². The van der Waals surface area contributed by atoms with Crippen molar-refractivity contribution in [3.63, 3.8) is 0 Å². The van der Waals surface area contributed by atoms with E-state index >= 15 is 0 Å². The summed E-state index contributed by atoms with van der Waals surface area (Å²) in [6.45, 7) is 0.595. The zero-order chi connectivity index (χ0) is 27.5. The van der Waals surface area contributed by atoms with Crippen LogP contribution in [0.1, 0.15) is 54.4 Å². The first-order valence-electron chi connectivity index (χ1n) is 12.9. The molecule has 9 nitrogen and oxygen atoms in total. The Labute approximate surface area is 223 Å². The zero-order valence-electron chi connectivity index (χ0n) is 22.6. The van der Waals surface area contributed by atoms with E-state index in [4.69, 9.17) is 23.7 Å². The van der Waals surface area contributed by atoms with E-state index in [0.717, 1.165) is 37.9 Å². The molecule has 0 aliphatic carbocycles. The fraction of sp³-hybridized carbons (Fsp3) is 0.483. The molecule has 1 fully saturated rings. The highest BCUT2D eigenvalue weighted by Crippen LogP contribution is 2.38. The molecule has 0 aromatic heterocycles. The number of aryl methyl sites for hydroxylation is 1. The number of carbonyl (C=O) groups excluding carboxylic acids is 3. The smallest absolute Gasteiger partial charge is 0.328 e. The number of hydrogen-bond acceptors (Lipinski definition) is 8. The first kappa shape index (κ1) is 28.8. The van der Waals surface area contributed by atoms with E-state index in [1.807, 2.05) is 24.3 Å². The van der Waals surface area contributed by atoms with Crippen molar-refractivity contribution >= 4 is 17.7 Å². The highest BCUT2D eigenvalue weighted by Gasteiger charge is 2.36. The molecular formula is C29H37NO8. The van der Waals surface area contributed by atoms with Crippen LogP contribution < -0.4 is 18.9 Å². The van der Waals surface area contributed by atoms with Crippen LogP contribution in [0, 0.1) is 0 Å². The largest absolute Gasteiger partial charge is 0.497 e. The van der Waals surface area contributed by atoms with Crippen molar-refractivity contribution in [1.29, 1.82) is 0 Å². The summed E-state index contributed by atoms with van der Waals surface area (Å²) in [7, 11) is 5.97. The molecule has 3 rings (SSSR count). The molecule has 2 aromatic carbocycles. The molecule has 0 spiro atoms. The third-order valence-corrected chi connectivity index (χ3v) is 6.67. The number of hydrogen-bond donors (Lipinski definition) is 0. The Hall–Kier alpha value is -3.75. The van der Waals surface area contributed by atoms with Crippen molar-refractivity contribution in [3.05, 3.63) is 47.5 Å². The molecule has 2 aromatic rings. The summed E-state index contributed by atoms with van der Waals surface area (Å²) in [5.41, 5.74) is 1.33. The minimum atomic E-state index is -0.776. The molecule has 1 aliphatic heterocycles. The number of benzene rings is 2. The maximum absolute atomic E-state index is 13.2. The third-order valence-electron chi connectivity index (χ3n) is 6.67. The summed E-state index contributed by atoms with van der Waals surface area (Å²) in [6, 6.07) is 10.1. The average Bonchev–Trinajstić information content (AvgIpc) is 2.97. The number of amides is 1. The second-order valence-corrected chi connectivity index (χ2v) is 9.08. The molecule has 0 bridgehead atoms. The standard InChI is InChI=1S/C29H37NO8/c1-34-22-14-12-20(13-15-22)10-6-5-9-17-38-29(33)23-11-7-8-16-30(23)28(32)26(31)21-18-24(35-2)27(37-4)25(19-21)36-3/h12-15,18-19,23H,5-11,16-17H2,1-4H3/t23-/m0/s1. The van der Waals surface area contributed by atoms with Gasteiger partial charge in [-0.2, -0.15) is 0 Å². The van der Waals surface area contributed by atoms with Crippen molar-refractivity contribution in [2.75, 3.05) is 41.6 Å². The monoisotopic (exact) mass is 527 g/mol. The lowest BCUT2D eigenvalue weighted by Crippen LogP contribution is -2.51. The van der Waals surface area contributed by atoms with Gasteiger partial charge in [-0.25, -0.2) is 4.79 Å². The zero-order valence-corrected chi connectivity index (χ0v) is 22.6. The minimum absolute atomic E-state index is 0.0963. The van der Waals surface area contributed by atoms with Gasteiger partial charge in [-0.1, -0.05) is 12.1 Å². The number of ketones is 1. The molecular weight excluding hydrogens is 490 g/mol. The summed E-state index contributed by atoms with van der Waals surface area (Å²) in [5.74, 6) is -0.272. The molecule has 206 valence electrons. The first-order chi connectivity index (χ1) is 18.4. The highest BCUT2D eigenvalue weighted by atomic mass is 16.5. The quantitative estimate of drug-likeness (QED) is 0.165. The van der Waals surface area contributed by atoms with Crippen LogP contribution in [0.3, 0.4) is 0 Å². The summed E-state index contributed by atoms with van der Waals surface area (Å²) < 4.78 is 26.6. The highest BCUT2D eigenvalue weighted by molar-refractivity contribution is 6.43. The number of ether oxygens (including phenoxy) is 5. The number of esters is 1. The van der Waals surface area contributed by atoms with Gasteiger partial charge in [0, 0.05) is 12.1 Å². The van der Waals surface area contributed by atoms with Crippen molar-refractivity contribution in [3.8, 4) is 23.0 Å². The van der Waals surface area contributed by atoms with Gasteiger partial charge < -0.3 is 28.6 Å². The molecule has 0 N–H and O–H groups in total. The summed E-state index contributed by atoms with van der Waals surface area (Å²) in [5, 5.41) is 0. The lowest BCUT2D eigenvalue weighted by Gasteiger charge is -2.33. The Morgan fingerprint density at radius 3 is 2.13 bits per heavy atom. The van der Waals surface area contributed by atoms with Crippen molar-refractivity contribution < 1.29 is 38.1 Å². The fourth-order valence-corrected chi connectivity index (χ4v) is 4.55. The maximum atomic E-state index is 13.2. The average molecular weight is 528 g/mol. The van der Waals surface area contributed by atoms with Crippen LogP contribution in [-0.2, 0) is 20.7 Å². The fourth-order valence-electron chi connectivity index (χ4n) is 4.55. The number of likely N-dealkylation sites (tertiary alicyclic amines) is 1. The third kappa shape index (κ3) is 7.18. The predicted molar refractivity (Wildman–Crippen MR) is 141 cm³/mol. The minimum Gasteiger partial charge on any atom is -0.497 e. The molecule has 38 heavy (non-hydrogen) atoms. The van der Waals surface area contributed by atoms with Gasteiger partial charge in [-0.15, -0.1) is 0 Å². The number of methoxy groups -OCH3 is 4. The summed E-state index contributed by atoms with van der Waals surface area (Å²) >= 11 is 0. The van der Waals surface area contributed by atoms with Crippen LogP contribution >= 0.6 is 0 Å². The molecule has 1 heterocycles. The van der Waals surface area contributed by atoms with Gasteiger partial charge in [0.05, 0.1) is 35.0 Å². The van der Waals surface area contributed by atoms with E-state index in [2.05, 4.69) is 0 Å². The van der Waals surface area contributed by atoms with Gasteiger partial charge in [0.2, 0.25) is 5.75 Å². The van der Waals surface area contributed by atoms with Gasteiger partial charge in [-0.05, 0) is 74.8 Å². The van der Waals surface area contributed by atoms with Crippen LogP contribution in [0.15, 0.2) is 36.4 Å². The lowest BCUT2D eigenvalue weighted by atomic mass is 10.00. The number of Topliss-reactive ketones (excluding diaryl/α,β-unsaturated/α-hetero) is 1. The SMILES string of the molecule is COc1ccc(CCCCCOC(=O)[C@@H]2CCCCN2C(=O)C(=O)c2cc(OC)c(OC)c(OC)c2)cc1. The number of carbonyl (C=O) groups is 3. The summed E-state index contributed by atoms with van der Waals surface area (Å²) in [4.78, 5) is 40.5. The van der Waals surface area contributed by atoms with Crippen molar-refractivity contribution in [2.45, 2.75) is 51.0 Å². The first-order valence-corrected chi connectivity index (χ1v) is 12.9. The van der Waals surface area contributed by atoms with Crippen LogP contribution in [-0.4, -0.2) is 70.2 Å². The number of nitrogens with zero attached hydrogens (tertiary/aromatic N) is 1. The lowest BCUT2D eigenvalue weighted by molar-refractivity contribution is -0.155.